The van der Waals surface area contributed by atoms with E-state index < -0.39 is 4.92 Å². The summed E-state index contributed by atoms with van der Waals surface area (Å²) in [7, 11) is 1.50. The Kier molecular flexibility index (Phi) is 5.00. The summed E-state index contributed by atoms with van der Waals surface area (Å²) >= 11 is 0. The highest BCUT2D eigenvalue weighted by molar-refractivity contribution is 5.48. The van der Waals surface area contributed by atoms with Gasteiger partial charge in [-0.15, -0.1) is 6.58 Å². The average Bonchev–Trinajstić information content (AvgIpc) is 2.34. The van der Waals surface area contributed by atoms with Crippen molar-refractivity contribution in [3.05, 3.63) is 41.0 Å². The molecule has 5 nitrogen and oxygen atoms in total. The van der Waals surface area contributed by atoms with Crippen LogP contribution in [0.25, 0.3) is 0 Å². The third-order valence-corrected chi connectivity index (χ3v) is 2.17. The third kappa shape index (κ3) is 3.79. The Morgan fingerprint density at radius 2 is 2.24 bits per heavy atom. The molecule has 0 spiro atoms. The molecule has 92 valence electrons. The Morgan fingerprint density at radius 3 is 2.82 bits per heavy atom. The van der Waals surface area contributed by atoms with Gasteiger partial charge in [0, 0.05) is 6.07 Å². The summed E-state index contributed by atoms with van der Waals surface area (Å²) in [5, 5.41) is 10.6. The van der Waals surface area contributed by atoms with Gasteiger partial charge >= 0.3 is 0 Å². The van der Waals surface area contributed by atoms with E-state index >= 15 is 0 Å². The smallest absolute Gasteiger partial charge is 0.273 e. The number of non-ortho nitro benzene ring substituents is 1. The normalized spacial score (nSPS) is 9.71. The number of benzene rings is 1. The zero-order chi connectivity index (χ0) is 12.7. The zero-order valence-corrected chi connectivity index (χ0v) is 9.72. The zero-order valence-electron chi connectivity index (χ0n) is 9.72. The van der Waals surface area contributed by atoms with Gasteiger partial charge in [0.05, 0.1) is 24.7 Å². The molecule has 1 aromatic rings. The number of ether oxygens (including phenoxy) is 2. The maximum atomic E-state index is 10.6. The van der Waals surface area contributed by atoms with E-state index in [9.17, 15) is 10.1 Å². The van der Waals surface area contributed by atoms with Crippen LogP contribution in [-0.4, -0.2) is 18.6 Å². The molecule has 0 radical (unpaired) electrons. The Labute approximate surface area is 99.8 Å². The molecule has 0 heterocycles. The van der Waals surface area contributed by atoms with Gasteiger partial charge in [0.2, 0.25) is 0 Å². The van der Waals surface area contributed by atoms with Crippen LogP contribution in [0.4, 0.5) is 5.69 Å². The van der Waals surface area contributed by atoms with Crippen LogP contribution in [0.5, 0.6) is 11.5 Å². The lowest BCUT2D eigenvalue weighted by Gasteiger charge is -2.09. The van der Waals surface area contributed by atoms with Crippen LogP contribution in [-0.2, 0) is 0 Å². The molecular formula is C12H15NO4. The van der Waals surface area contributed by atoms with E-state index in [4.69, 9.17) is 9.47 Å². The lowest BCUT2D eigenvalue weighted by Crippen LogP contribution is -2.00. The van der Waals surface area contributed by atoms with Crippen LogP contribution in [0.1, 0.15) is 12.8 Å². The van der Waals surface area contributed by atoms with Gasteiger partial charge in [-0.25, -0.2) is 0 Å². The largest absolute Gasteiger partial charge is 0.493 e. The molecule has 0 unspecified atom stereocenters. The second-order valence-corrected chi connectivity index (χ2v) is 3.37. The van der Waals surface area contributed by atoms with Crippen molar-refractivity contribution in [3.8, 4) is 11.5 Å². The van der Waals surface area contributed by atoms with Gasteiger partial charge in [-0.1, -0.05) is 6.08 Å². The molecule has 5 heteroatoms. The standard InChI is InChI=1S/C12H15NO4/c1-3-4-5-8-17-12-9-10(13(14)15)6-7-11(12)16-2/h3,6-7,9H,1,4-5,8H2,2H3. The molecule has 0 aliphatic heterocycles. The Hall–Kier alpha value is -2.04. The Morgan fingerprint density at radius 1 is 1.47 bits per heavy atom. The minimum absolute atomic E-state index is 0.00970. The molecule has 0 amide bonds. The van der Waals surface area contributed by atoms with Gasteiger partial charge in [0.15, 0.2) is 11.5 Å². The van der Waals surface area contributed by atoms with Crippen molar-refractivity contribution in [1.82, 2.24) is 0 Å². The molecular weight excluding hydrogens is 222 g/mol. The van der Waals surface area contributed by atoms with Gasteiger partial charge in [-0.05, 0) is 18.9 Å². The van der Waals surface area contributed by atoms with Crippen molar-refractivity contribution in [1.29, 1.82) is 0 Å². The molecule has 17 heavy (non-hydrogen) atoms. The predicted molar refractivity (Wildman–Crippen MR) is 64.6 cm³/mol. The lowest BCUT2D eigenvalue weighted by atomic mass is 10.2. The minimum Gasteiger partial charge on any atom is -0.493 e. The van der Waals surface area contributed by atoms with E-state index in [2.05, 4.69) is 6.58 Å². The number of nitro benzene ring substituents is 1. The summed E-state index contributed by atoms with van der Waals surface area (Å²) in [4.78, 5) is 10.2. The van der Waals surface area contributed by atoms with Crippen LogP contribution in [0, 0.1) is 10.1 Å². The monoisotopic (exact) mass is 237 g/mol. The van der Waals surface area contributed by atoms with Gasteiger partial charge in [0.1, 0.15) is 0 Å². The highest BCUT2D eigenvalue weighted by Gasteiger charge is 2.12. The fourth-order valence-electron chi connectivity index (χ4n) is 1.30. The fourth-order valence-corrected chi connectivity index (χ4v) is 1.30. The second kappa shape index (κ2) is 6.52. The number of nitrogens with zero attached hydrogens (tertiary/aromatic N) is 1. The number of nitro groups is 1. The highest BCUT2D eigenvalue weighted by atomic mass is 16.6. The summed E-state index contributed by atoms with van der Waals surface area (Å²) in [6.45, 7) is 4.08. The topological polar surface area (TPSA) is 61.6 Å². The number of allylic oxidation sites excluding steroid dienone is 1. The third-order valence-electron chi connectivity index (χ3n) is 2.17. The average molecular weight is 237 g/mol. The first-order valence-electron chi connectivity index (χ1n) is 5.25. The number of rotatable bonds is 7. The van der Waals surface area contributed by atoms with E-state index in [-0.39, 0.29) is 5.69 Å². The van der Waals surface area contributed by atoms with Crippen LogP contribution in [0.3, 0.4) is 0 Å². The van der Waals surface area contributed by atoms with Crippen molar-refractivity contribution < 1.29 is 14.4 Å². The second-order valence-electron chi connectivity index (χ2n) is 3.37. The van der Waals surface area contributed by atoms with Crippen molar-refractivity contribution in [2.45, 2.75) is 12.8 Å². The summed E-state index contributed by atoms with van der Waals surface area (Å²) in [5.74, 6) is 0.889. The summed E-state index contributed by atoms with van der Waals surface area (Å²) in [5.41, 5.74) is -0.00970. The molecule has 1 rings (SSSR count). The van der Waals surface area contributed by atoms with Gasteiger partial charge in [-0.2, -0.15) is 0 Å². The predicted octanol–water partition coefficient (Wildman–Crippen LogP) is 2.95. The first-order valence-corrected chi connectivity index (χ1v) is 5.25. The molecule has 0 saturated carbocycles. The fraction of sp³-hybridized carbons (Fsp3) is 0.333. The SMILES string of the molecule is C=CCCCOc1cc([N+](=O)[O-])ccc1OC. The van der Waals surface area contributed by atoms with Crippen molar-refractivity contribution >= 4 is 5.69 Å². The maximum absolute atomic E-state index is 10.6. The van der Waals surface area contributed by atoms with Crippen LogP contribution in [0.15, 0.2) is 30.9 Å². The molecule has 0 N–H and O–H groups in total. The molecule has 0 saturated heterocycles. The molecule has 0 aliphatic carbocycles. The van der Waals surface area contributed by atoms with Crippen LogP contribution >= 0.6 is 0 Å². The molecule has 0 atom stereocenters. The van der Waals surface area contributed by atoms with E-state index in [1.54, 1.807) is 6.08 Å². The number of hydrogen-bond acceptors (Lipinski definition) is 4. The molecule has 0 aliphatic rings. The van der Waals surface area contributed by atoms with Gasteiger partial charge in [-0.3, -0.25) is 10.1 Å². The van der Waals surface area contributed by atoms with E-state index in [0.29, 0.717) is 18.1 Å². The van der Waals surface area contributed by atoms with E-state index in [1.807, 2.05) is 0 Å². The van der Waals surface area contributed by atoms with E-state index in [0.717, 1.165) is 12.8 Å². The number of unbranched alkanes of at least 4 members (excludes halogenated alkanes) is 1. The van der Waals surface area contributed by atoms with E-state index in [1.165, 1.54) is 25.3 Å². The molecule has 0 aromatic heterocycles. The quantitative estimate of drug-likeness (QED) is 0.316. The number of hydrogen-bond donors (Lipinski definition) is 0. The minimum atomic E-state index is -0.462. The maximum Gasteiger partial charge on any atom is 0.273 e. The van der Waals surface area contributed by atoms with Gasteiger partial charge < -0.3 is 9.47 Å². The van der Waals surface area contributed by atoms with Crippen molar-refractivity contribution in [2.75, 3.05) is 13.7 Å². The highest BCUT2D eigenvalue weighted by Crippen LogP contribution is 2.31. The Balaban J connectivity index is 2.75. The number of methoxy groups -OCH3 is 1. The Bertz CT molecular complexity index is 403. The van der Waals surface area contributed by atoms with Crippen LogP contribution in [0.2, 0.25) is 0 Å². The van der Waals surface area contributed by atoms with Crippen molar-refractivity contribution in [2.24, 2.45) is 0 Å². The van der Waals surface area contributed by atoms with Crippen molar-refractivity contribution in [3.63, 3.8) is 0 Å². The molecule has 0 fully saturated rings. The summed E-state index contributed by atoms with van der Waals surface area (Å²) in [6, 6.07) is 4.28. The first-order chi connectivity index (χ1) is 8.19. The van der Waals surface area contributed by atoms with Crippen LogP contribution < -0.4 is 9.47 Å². The first kappa shape index (κ1) is 13.0. The lowest BCUT2D eigenvalue weighted by molar-refractivity contribution is -0.385. The molecule has 0 bridgehead atoms. The van der Waals surface area contributed by atoms with Gasteiger partial charge in [0.25, 0.3) is 5.69 Å². The summed E-state index contributed by atoms with van der Waals surface area (Å²) < 4.78 is 10.5. The summed E-state index contributed by atoms with van der Waals surface area (Å²) in [6.07, 6.45) is 3.46. The molecule has 1 aromatic carbocycles.